The van der Waals surface area contributed by atoms with Gasteiger partial charge in [-0.05, 0) is 29.7 Å². The lowest BCUT2D eigenvalue weighted by atomic mass is 9.97. The molecule has 3 N–H and O–H groups in total. The van der Waals surface area contributed by atoms with Crippen LogP contribution in [-0.2, 0) is 16.1 Å². The van der Waals surface area contributed by atoms with Crippen molar-refractivity contribution in [3.05, 3.63) is 47.8 Å². The Hall–Kier alpha value is -3.22. The van der Waals surface area contributed by atoms with Crippen LogP contribution in [0.5, 0.6) is 0 Å². The summed E-state index contributed by atoms with van der Waals surface area (Å²) < 4.78 is 0. The number of amides is 3. The van der Waals surface area contributed by atoms with Crippen molar-refractivity contribution in [3.8, 4) is 11.1 Å². The Labute approximate surface area is 143 Å². The van der Waals surface area contributed by atoms with Crippen LogP contribution in [0.2, 0.25) is 0 Å². The largest absolute Gasteiger partial charge is 0.398 e. The Morgan fingerprint density at radius 2 is 1.92 bits per heavy atom. The zero-order valence-corrected chi connectivity index (χ0v) is 13.4. The second-order valence-corrected chi connectivity index (χ2v) is 6.19. The molecule has 0 radical (unpaired) electrons. The van der Waals surface area contributed by atoms with Crippen molar-refractivity contribution in [2.45, 2.75) is 25.4 Å². The standard InChI is InChI=1S/C18H16N4O3/c19-14-6-7-20-8-12(14)10-2-1-3-11-13(10)9-22(18(11)25)15-4-5-16(23)21-17(15)24/h1-3,6-8,15H,4-5,9H2,(H2,19,20)(H,21,23,24). The minimum Gasteiger partial charge on any atom is -0.398 e. The molecule has 1 atom stereocenters. The molecule has 2 aliphatic heterocycles. The molecule has 7 nitrogen and oxygen atoms in total. The van der Waals surface area contributed by atoms with Gasteiger partial charge in [0.15, 0.2) is 0 Å². The van der Waals surface area contributed by atoms with Gasteiger partial charge in [-0.3, -0.25) is 24.7 Å². The zero-order chi connectivity index (χ0) is 17.6. The summed E-state index contributed by atoms with van der Waals surface area (Å²) in [6, 6.07) is 6.53. The summed E-state index contributed by atoms with van der Waals surface area (Å²) in [4.78, 5) is 41.9. The number of fused-ring (bicyclic) bond motifs is 1. The number of nitrogens with two attached hydrogens (primary N) is 1. The van der Waals surface area contributed by atoms with Crippen LogP contribution in [0.3, 0.4) is 0 Å². The highest BCUT2D eigenvalue weighted by atomic mass is 16.2. The van der Waals surface area contributed by atoms with Crippen LogP contribution in [0.4, 0.5) is 5.69 Å². The number of piperidine rings is 1. The van der Waals surface area contributed by atoms with Crippen molar-refractivity contribution in [1.82, 2.24) is 15.2 Å². The van der Waals surface area contributed by atoms with Gasteiger partial charge in [-0.15, -0.1) is 0 Å². The molecule has 1 fully saturated rings. The van der Waals surface area contributed by atoms with E-state index in [1.165, 1.54) is 4.90 Å². The minimum absolute atomic E-state index is 0.200. The summed E-state index contributed by atoms with van der Waals surface area (Å²) in [5.41, 5.74) is 9.63. The molecule has 2 aliphatic rings. The number of imide groups is 1. The first-order valence-corrected chi connectivity index (χ1v) is 8.02. The number of nitrogens with zero attached hydrogens (tertiary/aromatic N) is 2. The highest BCUT2D eigenvalue weighted by molar-refractivity contribution is 6.06. The van der Waals surface area contributed by atoms with Gasteiger partial charge in [0.1, 0.15) is 6.04 Å². The molecule has 0 aliphatic carbocycles. The van der Waals surface area contributed by atoms with Crippen LogP contribution in [0.15, 0.2) is 36.7 Å². The van der Waals surface area contributed by atoms with Crippen molar-refractivity contribution in [2.24, 2.45) is 0 Å². The van der Waals surface area contributed by atoms with Gasteiger partial charge < -0.3 is 10.6 Å². The number of anilines is 1. The van der Waals surface area contributed by atoms with Crippen LogP contribution in [0.25, 0.3) is 11.1 Å². The smallest absolute Gasteiger partial charge is 0.255 e. The molecule has 7 heteroatoms. The number of nitrogen functional groups attached to an aromatic ring is 1. The SMILES string of the molecule is Nc1ccncc1-c1cccc2c1CN(C1CCC(=O)NC1=O)C2=O. The molecule has 1 saturated heterocycles. The molecule has 2 aromatic rings. The first-order chi connectivity index (χ1) is 12.1. The van der Waals surface area contributed by atoms with Gasteiger partial charge in [0.25, 0.3) is 5.91 Å². The van der Waals surface area contributed by atoms with Crippen molar-refractivity contribution < 1.29 is 14.4 Å². The zero-order valence-electron chi connectivity index (χ0n) is 13.4. The van der Waals surface area contributed by atoms with Gasteiger partial charge in [0, 0.05) is 42.2 Å². The lowest BCUT2D eigenvalue weighted by Gasteiger charge is -2.29. The molecule has 126 valence electrons. The summed E-state index contributed by atoms with van der Waals surface area (Å²) >= 11 is 0. The fourth-order valence-corrected chi connectivity index (χ4v) is 3.47. The van der Waals surface area contributed by atoms with Crippen LogP contribution in [-0.4, -0.2) is 33.6 Å². The van der Waals surface area contributed by atoms with E-state index in [0.29, 0.717) is 24.2 Å². The van der Waals surface area contributed by atoms with Gasteiger partial charge in [0.05, 0.1) is 0 Å². The molecule has 3 heterocycles. The fourth-order valence-electron chi connectivity index (χ4n) is 3.47. The summed E-state index contributed by atoms with van der Waals surface area (Å²) in [5, 5.41) is 2.31. The number of nitrogens with one attached hydrogen (secondary N) is 1. The topological polar surface area (TPSA) is 105 Å². The molecule has 0 saturated carbocycles. The Morgan fingerprint density at radius 3 is 2.68 bits per heavy atom. The van der Waals surface area contributed by atoms with E-state index in [1.807, 2.05) is 6.07 Å². The van der Waals surface area contributed by atoms with E-state index < -0.39 is 11.9 Å². The van der Waals surface area contributed by atoms with E-state index in [1.54, 1.807) is 30.6 Å². The average Bonchev–Trinajstić information content (AvgIpc) is 2.93. The molecule has 1 unspecified atom stereocenters. The number of aromatic nitrogens is 1. The lowest BCUT2D eigenvalue weighted by Crippen LogP contribution is -2.52. The number of benzene rings is 1. The van der Waals surface area contributed by atoms with Crippen LogP contribution >= 0.6 is 0 Å². The van der Waals surface area contributed by atoms with Crippen molar-refractivity contribution >= 4 is 23.4 Å². The van der Waals surface area contributed by atoms with Gasteiger partial charge in [0.2, 0.25) is 11.8 Å². The fraction of sp³-hybridized carbons (Fsp3) is 0.222. The Bertz CT molecular complexity index is 909. The third-order valence-corrected chi connectivity index (χ3v) is 4.73. The summed E-state index contributed by atoms with van der Waals surface area (Å²) in [7, 11) is 0. The second kappa shape index (κ2) is 5.70. The van der Waals surface area contributed by atoms with Crippen LogP contribution < -0.4 is 11.1 Å². The van der Waals surface area contributed by atoms with Gasteiger partial charge >= 0.3 is 0 Å². The Morgan fingerprint density at radius 1 is 1.12 bits per heavy atom. The highest BCUT2D eigenvalue weighted by Gasteiger charge is 2.39. The van der Waals surface area contributed by atoms with Gasteiger partial charge in [-0.25, -0.2) is 0 Å². The molecule has 0 bridgehead atoms. The predicted octanol–water partition coefficient (Wildman–Crippen LogP) is 1.09. The molecule has 25 heavy (non-hydrogen) atoms. The first-order valence-electron chi connectivity index (χ1n) is 8.02. The Balaban J connectivity index is 1.73. The van der Waals surface area contributed by atoms with Crippen molar-refractivity contribution in [3.63, 3.8) is 0 Å². The maximum absolute atomic E-state index is 12.8. The number of carbonyl (C=O) groups excluding carboxylic acids is 3. The first kappa shape index (κ1) is 15.3. The summed E-state index contributed by atoms with van der Waals surface area (Å²) in [5.74, 6) is -0.914. The molecule has 4 rings (SSSR count). The monoisotopic (exact) mass is 336 g/mol. The average molecular weight is 336 g/mol. The van der Waals surface area contributed by atoms with E-state index in [-0.39, 0.29) is 18.2 Å². The lowest BCUT2D eigenvalue weighted by molar-refractivity contribution is -0.136. The Kier molecular flexibility index (Phi) is 3.49. The van der Waals surface area contributed by atoms with Gasteiger partial charge in [-0.2, -0.15) is 0 Å². The van der Waals surface area contributed by atoms with Gasteiger partial charge in [-0.1, -0.05) is 12.1 Å². The van der Waals surface area contributed by atoms with E-state index >= 15 is 0 Å². The number of carbonyl (C=O) groups is 3. The maximum atomic E-state index is 12.8. The number of rotatable bonds is 2. The second-order valence-electron chi connectivity index (χ2n) is 6.19. The number of pyridine rings is 1. The highest BCUT2D eigenvalue weighted by Crippen LogP contribution is 2.36. The van der Waals surface area contributed by atoms with E-state index in [9.17, 15) is 14.4 Å². The van der Waals surface area contributed by atoms with E-state index in [2.05, 4.69) is 10.3 Å². The summed E-state index contributed by atoms with van der Waals surface area (Å²) in [6.45, 7) is 0.310. The molecule has 1 aromatic heterocycles. The minimum atomic E-state index is -0.628. The van der Waals surface area contributed by atoms with Crippen LogP contribution in [0.1, 0.15) is 28.8 Å². The van der Waals surface area contributed by atoms with E-state index in [0.717, 1.165) is 16.7 Å². The van der Waals surface area contributed by atoms with Crippen molar-refractivity contribution in [2.75, 3.05) is 5.73 Å². The molecule has 0 spiro atoms. The molecule has 1 aromatic carbocycles. The third-order valence-electron chi connectivity index (χ3n) is 4.73. The third kappa shape index (κ3) is 2.44. The predicted molar refractivity (Wildman–Crippen MR) is 90.1 cm³/mol. The maximum Gasteiger partial charge on any atom is 0.255 e. The molecular weight excluding hydrogens is 320 g/mol. The normalized spacial score (nSPS) is 19.8. The molecular formula is C18H16N4O3. The molecule has 3 amide bonds. The van der Waals surface area contributed by atoms with E-state index in [4.69, 9.17) is 5.73 Å². The summed E-state index contributed by atoms with van der Waals surface area (Å²) in [6.07, 6.45) is 3.86. The van der Waals surface area contributed by atoms with Crippen molar-refractivity contribution in [1.29, 1.82) is 0 Å². The number of hydrogen-bond donors (Lipinski definition) is 2. The quantitative estimate of drug-likeness (QED) is 0.799. The van der Waals surface area contributed by atoms with Crippen LogP contribution in [0, 0.1) is 0 Å². The number of hydrogen-bond acceptors (Lipinski definition) is 5.